The molecule has 0 atom stereocenters. The number of anilines is 1. The van der Waals surface area contributed by atoms with Gasteiger partial charge < -0.3 is 5.32 Å². The Labute approximate surface area is 163 Å². The van der Waals surface area contributed by atoms with E-state index in [-0.39, 0.29) is 23.2 Å². The minimum atomic E-state index is -3.70. The average Bonchev–Trinajstić information content (AvgIpc) is 2.70. The summed E-state index contributed by atoms with van der Waals surface area (Å²) in [4.78, 5) is 12.3. The highest BCUT2D eigenvalue weighted by Gasteiger charge is 2.14. The van der Waals surface area contributed by atoms with Gasteiger partial charge in [0.05, 0.1) is 4.90 Å². The molecule has 0 aliphatic heterocycles. The molecule has 0 aliphatic carbocycles. The van der Waals surface area contributed by atoms with Crippen LogP contribution in [0, 0.1) is 5.82 Å². The second-order valence-electron chi connectivity index (χ2n) is 6.12. The Morgan fingerprint density at radius 2 is 1.50 bits per heavy atom. The van der Waals surface area contributed by atoms with Gasteiger partial charge in [0, 0.05) is 17.8 Å². The third-order valence-corrected chi connectivity index (χ3v) is 5.55. The number of hydrogen-bond donors (Lipinski definition) is 2. The zero-order valence-electron chi connectivity index (χ0n) is 14.9. The fourth-order valence-corrected chi connectivity index (χ4v) is 3.61. The molecule has 0 aromatic heterocycles. The highest BCUT2D eigenvalue weighted by Crippen LogP contribution is 2.13. The summed E-state index contributed by atoms with van der Waals surface area (Å²) in [6, 6.07) is 20.6. The molecule has 3 aromatic rings. The van der Waals surface area contributed by atoms with Crippen molar-refractivity contribution >= 4 is 21.6 Å². The molecule has 0 saturated heterocycles. The molecule has 0 saturated carbocycles. The zero-order valence-corrected chi connectivity index (χ0v) is 15.7. The van der Waals surface area contributed by atoms with Gasteiger partial charge in [-0.05, 0) is 60.5 Å². The van der Waals surface area contributed by atoms with Crippen molar-refractivity contribution in [2.45, 2.75) is 11.3 Å². The second-order valence-corrected chi connectivity index (χ2v) is 7.89. The Bertz CT molecular complexity index is 1040. The standard InChI is InChI=1S/C21H19FN2O3S/c22-18-10-6-16(7-11-18)14-15-23-28(26,27)20-12-8-17(9-13-20)21(25)24-19-4-2-1-3-5-19/h1-13,23H,14-15H2,(H,24,25). The molecule has 0 spiro atoms. The van der Waals surface area contributed by atoms with Crippen molar-refractivity contribution in [2.75, 3.05) is 11.9 Å². The van der Waals surface area contributed by atoms with Crippen molar-refractivity contribution in [1.29, 1.82) is 0 Å². The van der Waals surface area contributed by atoms with Crippen LogP contribution in [0.5, 0.6) is 0 Å². The maximum atomic E-state index is 12.9. The number of carbonyl (C=O) groups excluding carboxylic acids is 1. The molecule has 144 valence electrons. The summed E-state index contributed by atoms with van der Waals surface area (Å²) in [5, 5.41) is 2.74. The lowest BCUT2D eigenvalue weighted by Gasteiger charge is -2.08. The van der Waals surface area contributed by atoms with E-state index in [1.807, 2.05) is 18.2 Å². The lowest BCUT2D eigenvalue weighted by molar-refractivity contribution is 0.102. The minimum absolute atomic E-state index is 0.0721. The van der Waals surface area contributed by atoms with Crippen LogP contribution in [-0.4, -0.2) is 20.9 Å². The van der Waals surface area contributed by atoms with E-state index in [4.69, 9.17) is 0 Å². The number of benzene rings is 3. The van der Waals surface area contributed by atoms with Crippen LogP contribution in [0.1, 0.15) is 15.9 Å². The van der Waals surface area contributed by atoms with Crippen molar-refractivity contribution in [1.82, 2.24) is 4.72 Å². The van der Waals surface area contributed by atoms with Gasteiger partial charge in [0.2, 0.25) is 10.0 Å². The molecule has 0 radical (unpaired) electrons. The van der Waals surface area contributed by atoms with Gasteiger partial charge in [-0.1, -0.05) is 30.3 Å². The molecular weight excluding hydrogens is 379 g/mol. The Morgan fingerprint density at radius 3 is 2.14 bits per heavy atom. The second kappa shape index (κ2) is 8.77. The van der Waals surface area contributed by atoms with Crippen LogP contribution in [0.4, 0.5) is 10.1 Å². The monoisotopic (exact) mass is 398 g/mol. The summed E-state index contributed by atoms with van der Waals surface area (Å²) in [5.41, 5.74) is 1.85. The Hall–Kier alpha value is -3.03. The topological polar surface area (TPSA) is 75.3 Å². The van der Waals surface area contributed by atoms with Crippen molar-refractivity contribution in [3.8, 4) is 0 Å². The van der Waals surface area contributed by atoms with Gasteiger partial charge in [-0.2, -0.15) is 0 Å². The van der Waals surface area contributed by atoms with Gasteiger partial charge in [-0.15, -0.1) is 0 Å². The third-order valence-electron chi connectivity index (χ3n) is 4.08. The van der Waals surface area contributed by atoms with E-state index in [9.17, 15) is 17.6 Å². The number of nitrogens with one attached hydrogen (secondary N) is 2. The molecular formula is C21H19FN2O3S. The van der Waals surface area contributed by atoms with E-state index in [1.165, 1.54) is 36.4 Å². The Morgan fingerprint density at radius 1 is 0.857 bits per heavy atom. The fourth-order valence-electron chi connectivity index (χ4n) is 2.57. The summed E-state index contributed by atoms with van der Waals surface area (Å²) in [7, 11) is -3.70. The van der Waals surface area contributed by atoms with Crippen LogP contribution in [0.2, 0.25) is 0 Å². The Balaban J connectivity index is 1.59. The van der Waals surface area contributed by atoms with Gasteiger partial charge in [0.25, 0.3) is 5.91 Å². The molecule has 0 bridgehead atoms. The normalized spacial score (nSPS) is 11.2. The predicted octanol–water partition coefficient (Wildman–Crippen LogP) is 3.60. The number of carbonyl (C=O) groups is 1. The van der Waals surface area contributed by atoms with Crippen LogP contribution in [-0.2, 0) is 16.4 Å². The first-order valence-corrected chi connectivity index (χ1v) is 10.1. The largest absolute Gasteiger partial charge is 0.322 e. The summed E-state index contributed by atoms with van der Waals surface area (Å²) in [6.07, 6.45) is 0.442. The van der Waals surface area contributed by atoms with Crippen molar-refractivity contribution in [2.24, 2.45) is 0 Å². The third kappa shape index (κ3) is 5.25. The number of para-hydroxylation sites is 1. The molecule has 2 N–H and O–H groups in total. The highest BCUT2D eigenvalue weighted by molar-refractivity contribution is 7.89. The van der Waals surface area contributed by atoms with E-state index in [0.717, 1.165) is 5.56 Å². The van der Waals surface area contributed by atoms with Gasteiger partial charge in [0.1, 0.15) is 5.82 Å². The van der Waals surface area contributed by atoms with E-state index in [1.54, 1.807) is 24.3 Å². The quantitative estimate of drug-likeness (QED) is 0.639. The summed E-state index contributed by atoms with van der Waals surface area (Å²) in [5.74, 6) is -0.653. The van der Waals surface area contributed by atoms with E-state index in [0.29, 0.717) is 17.7 Å². The smallest absolute Gasteiger partial charge is 0.255 e. The zero-order chi connectivity index (χ0) is 20.0. The number of halogens is 1. The van der Waals surface area contributed by atoms with Crippen molar-refractivity contribution in [3.05, 3.63) is 95.8 Å². The molecule has 0 unspecified atom stereocenters. The molecule has 3 rings (SSSR count). The summed E-state index contributed by atoms with van der Waals surface area (Å²) < 4.78 is 40.1. The van der Waals surface area contributed by atoms with Gasteiger partial charge in [-0.3, -0.25) is 4.79 Å². The SMILES string of the molecule is O=C(Nc1ccccc1)c1ccc(S(=O)(=O)NCCc2ccc(F)cc2)cc1. The molecule has 3 aromatic carbocycles. The van der Waals surface area contributed by atoms with E-state index in [2.05, 4.69) is 10.0 Å². The molecule has 7 heteroatoms. The molecule has 0 fully saturated rings. The number of sulfonamides is 1. The van der Waals surface area contributed by atoms with Gasteiger partial charge in [0.15, 0.2) is 0 Å². The number of rotatable bonds is 7. The van der Waals surface area contributed by atoms with Crippen molar-refractivity contribution < 1.29 is 17.6 Å². The maximum Gasteiger partial charge on any atom is 0.255 e. The summed E-state index contributed by atoms with van der Waals surface area (Å²) in [6.45, 7) is 0.185. The first kappa shape index (κ1) is 19.7. The minimum Gasteiger partial charge on any atom is -0.322 e. The van der Waals surface area contributed by atoms with Crippen LogP contribution >= 0.6 is 0 Å². The summed E-state index contributed by atoms with van der Waals surface area (Å²) >= 11 is 0. The molecule has 0 heterocycles. The number of amides is 1. The first-order chi connectivity index (χ1) is 13.4. The first-order valence-electron chi connectivity index (χ1n) is 8.65. The molecule has 28 heavy (non-hydrogen) atoms. The maximum absolute atomic E-state index is 12.9. The number of hydrogen-bond acceptors (Lipinski definition) is 3. The van der Waals surface area contributed by atoms with Gasteiger partial charge >= 0.3 is 0 Å². The highest BCUT2D eigenvalue weighted by atomic mass is 32.2. The Kier molecular flexibility index (Phi) is 6.18. The molecule has 5 nitrogen and oxygen atoms in total. The van der Waals surface area contributed by atoms with Crippen LogP contribution in [0.3, 0.4) is 0 Å². The van der Waals surface area contributed by atoms with Crippen LogP contribution in [0.25, 0.3) is 0 Å². The lowest BCUT2D eigenvalue weighted by Crippen LogP contribution is -2.26. The van der Waals surface area contributed by atoms with Crippen LogP contribution in [0.15, 0.2) is 83.8 Å². The lowest BCUT2D eigenvalue weighted by atomic mass is 10.1. The van der Waals surface area contributed by atoms with E-state index < -0.39 is 10.0 Å². The van der Waals surface area contributed by atoms with Crippen LogP contribution < -0.4 is 10.0 Å². The van der Waals surface area contributed by atoms with Crippen molar-refractivity contribution in [3.63, 3.8) is 0 Å². The van der Waals surface area contributed by atoms with E-state index >= 15 is 0 Å². The molecule has 0 aliphatic rings. The fraction of sp³-hybridized carbons (Fsp3) is 0.0952. The molecule has 1 amide bonds. The van der Waals surface area contributed by atoms with Gasteiger partial charge in [-0.25, -0.2) is 17.5 Å². The average molecular weight is 398 g/mol. The predicted molar refractivity (Wildman–Crippen MR) is 106 cm³/mol.